The number of alkyl halides is 3. The SMILES string of the molecule is Cc1cc(NC2CCN(c3cc(C)nn3C)C2=O)n2nc(C(F)(F)F)nc2n1. The highest BCUT2D eigenvalue weighted by Crippen LogP contribution is 2.28. The molecule has 3 aromatic rings. The summed E-state index contributed by atoms with van der Waals surface area (Å²) in [4.78, 5) is 21.9. The normalized spacial score (nSPS) is 17.7. The van der Waals surface area contributed by atoms with Gasteiger partial charge in [-0.15, -0.1) is 5.10 Å². The Bertz CT molecular complexity index is 1070. The van der Waals surface area contributed by atoms with Gasteiger partial charge in [0.1, 0.15) is 17.7 Å². The Hall–Kier alpha value is -3.18. The van der Waals surface area contributed by atoms with E-state index in [2.05, 4.69) is 25.5 Å². The molecule has 1 unspecified atom stereocenters. The van der Waals surface area contributed by atoms with Crippen molar-refractivity contribution in [2.75, 3.05) is 16.8 Å². The minimum atomic E-state index is -4.68. The first-order valence-corrected chi connectivity index (χ1v) is 8.53. The van der Waals surface area contributed by atoms with Gasteiger partial charge < -0.3 is 5.32 Å². The molecule has 0 radical (unpaired) electrons. The van der Waals surface area contributed by atoms with Crippen LogP contribution in [-0.4, -0.2) is 47.9 Å². The van der Waals surface area contributed by atoms with Gasteiger partial charge in [-0.05, 0) is 20.3 Å². The predicted octanol–water partition coefficient (Wildman–Crippen LogP) is 1.71. The number of aromatic nitrogens is 6. The molecule has 4 rings (SSSR count). The largest absolute Gasteiger partial charge is 0.453 e. The molecule has 0 bridgehead atoms. The molecule has 1 saturated heterocycles. The van der Waals surface area contributed by atoms with Gasteiger partial charge in [-0.3, -0.25) is 14.4 Å². The summed E-state index contributed by atoms with van der Waals surface area (Å²) in [6.07, 6.45) is -4.21. The average molecular weight is 394 g/mol. The Morgan fingerprint density at radius 2 is 1.89 bits per heavy atom. The van der Waals surface area contributed by atoms with Gasteiger partial charge in [0.25, 0.3) is 17.5 Å². The molecular weight excluding hydrogens is 377 g/mol. The highest BCUT2D eigenvalue weighted by atomic mass is 19.4. The van der Waals surface area contributed by atoms with Crippen molar-refractivity contribution in [3.05, 3.63) is 29.3 Å². The van der Waals surface area contributed by atoms with Crippen LogP contribution in [0.2, 0.25) is 0 Å². The lowest BCUT2D eigenvalue weighted by Crippen LogP contribution is -2.35. The Labute approximate surface area is 157 Å². The Morgan fingerprint density at radius 3 is 2.54 bits per heavy atom. The molecule has 1 amide bonds. The van der Waals surface area contributed by atoms with Crippen LogP contribution in [0.4, 0.5) is 24.8 Å². The van der Waals surface area contributed by atoms with E-state index >= 15 is 0 Å². The zero-order valence-electron chi connectivity index (χ0n) is 15.3. The third-order valence-corrected chi connectivity index (χ3v) is 4.48. The molecule has 9 nitrogen and oxygen atoms in total. The number of hydrogen-bond donors (Lipinski definition) is 1. The van der Waals surface area contributed by atoms with E-state index in [4.69, 9.17) is 0 Å². The van der Waals surface area contributed by atoms with Crippen LogP contribution in [0, 0.1) is 13.8 Å². The maximum atomic E-state index is 12.9. The maximum absolute atomic E-state index is 12.9. The van der Waals surface area contributed by atoms with Gasteiger partial charge in [-0.2, -0.15) is 27.8 Å². The van der Waals surface area contributed by atoms with Crippen molar-refractivity contribution in [2.24, 2.45) is 7.05 Å². The quantitative estimate of drug-likeness (QED) is 0.727. The fourth-order valence-electron chi connectivity index (χ4n) is 3.28. The summed E-state index contributed by atoms with van der Waals surface area (Å²) in [7, 11) is 1.75. The van der Waals surface area contributed by atoms with E-state index in [1.54, 1.807) is 23.6 Å². The lowest BCUT2D eigenvalue weighted by atomic mass is 10.2. The topological polar surface area (TPSA) is 93.2 Å². The summed E-state index contributed by atoms with van der Waals surface area (Å²) in [6.45, 7) is 3.93. The highest BCUT2D eigenvalue weighted by molar-refractivity contribution is 6.00. The zero-order chi connectivity index (χ0) is 20.2. The Kier molecular flexibility index (Phi) is 4.01. The first-order chi connectivity index (χ1) is 13.1. The van der Waals surface area contributed by atoms with Crippen LogP contribution in [-0.2, 0) is 18.0 Å². The smallest absolute Gasteiger partial charge is 0.358 e. The number of fused-ring (bicyclic) bond motifs is 1. The van der Waals surface area contributed by atoms with E-state index in [0.717, 1.165) is 10.2 Å². The van der Waals surface area contributed by atoms with Crippen molar-refractivity contribution in [3.63, 3.8) is 0 Å². The van der Waals surface area contributed by atoms with E-state index in [-0.39, 0.29) is 17.5 Å². The molecule has 28 heavy (non-hydrogen) atoms. The summed E-state index contributed by atoms with van der Waals surface area (Å²) < 4.78 is 41.4. The van der Waals surface area contributed by atoms with Gasteiger partial charge in [-0.1, -0.05) is 0 Å². The van der Waals surface area contributed by atoms with E-state index in [9.17, 15) is 18.0 Å². The molecule has 1 N–H and O–H groups in total. The molecule has 1 atom stereocenters. The number of nitrogens with zero attached hydrogens (tertiary/aromatic N) is 7. The van der Waals surface area contributed by atoms with Gasteiger partial charge >= 0.3 is 6.18 Å². The second-order valence-electron chi connectivity index (χ2n) is 6.67. The second kappa shape index (κ2) is 6.17. The molecule has 12 heteroatoms. The monoisotopic (exact) mass is 394 g/mol. The van der Waals surface area contributed by atoms with Crippen LogP contribution in [0.15, 0.2) is 12.1 Å². The third-order valence-electron chi connectivity index (χ3n) is 4.48. The summed E-state index contributed by atoms with van der Waals surface area (Å²) in [5.74, 6) is -0.755. The van der Waals surface area contributed by atoms with Crippen LogP contribution in [0.25, 0.3) is 5.78 Å². The number of nitrogens with one attached hydrogen (secondary N) is 1. The van der Waals surface area contributed by atoms with Crippen LogP contribution in [0.1, 0.15) is 23.6 Å². The van der Waals surface area contributed by atoms with Crippen molar-refractivity contribution in [2.45, 2.75) is 32.5 Å². The molecule has 148 valence electrons. The first kappa shape index (κ1) is 18.2. The molecular formula is C16H17F3N8O. The van der Waals surface area contributed by atoms with Gasteiger partial charge in [0, 0.05) is 31.4 Å². The number of carbonyl (C=O) groups excluding carboxylic acids is 1. The zero-order valence-corrected chi connectivity index (χ0v) is 15.3. The fourth-order valence-corrected chi connectivity index (χ4v) is 3.28. The number of amides is 1. The molecule has 0 aliphatic carbocycles. The number of carbonyl (C=O) groups is 1. The van der Waals surface area contributed by atoms with Crippen LogP contribution < -0.4 is 10.2 Å². The van der Waals surface area contributed by atoms with Gasteiger partial charge in [0.15, 0.2) is 0 Å². The summed E-state index contributed by atoms with van der Waals surface area (Å²) >= 11 is 0. The maximum Gasteiger partial charge on any atom is 0.453 e. The van der Waals surface area contributed by atoms with E-state index in [1.165, 1.54) is 6.07 Å². The number of halogens is 3. The molecule has 4 heterocycles. The van der Waals surface area contributed by atoms with Crippen molar-refractivity contribution in [3.8, 4) is 0 Å². The van der Waals surface area contributed by atoms with Gasteiger partial charge in [0.2, 0.25) is 0 Å². The van der Waals surface area contributed by atoms with Crippen LogP contribution in [0.5, 0.6) is 0 Å². The van der Waals surface area contributed by atoms with E-state index < -0.39 is 18.0 Å². The molecule has 1 aliphatic heterocycles. The minimum absolute atomic E-state index is 0.181. The lowest BCUT2D eigenvalue weighted by molar-refractivity contribution is -0.144. The summed E-state index contributed by atoms with van der Waals surface area (Å²) in [5, 5.41) is 10.7. The van der Waals surface area contributed by atoms with Crippen molar-refractivity contribution < 1.29 is 18.0 Å². The molecule has 0 spiro atoms. The minimum Gasteiger partial charge on any atom is -0.358 e. The molecule has 3 aromatic heterocycles. The van der Waals surface area contributed by atoms with E-state index in [1.807, 2.05) is 13.0 Å². The standard InChI is InChI=1S/C16H17F3N8O/c1-8-6-11(27-15(20-8)22-14(24-27)16(17,18)19)21-10-4-5-26(13(10)28)12-7-9(2)23-25(12)3/h6-7,10,21H,4-5H2,1-3H3. The number of hydrogen-bond acceptors (Lipinski definition) is 6. The summed E-state index contributed by atoms with van der Waals surface area (Å²) in [5.41, 5.74) is 1.25. The van der Waals surface area contributed by atoms with Gasteiger partial charge in [0.05, 0.1) is 5.69 Å². The second-order valence-corrected chi connectivity index (χ2v) is 6.67. The predicted molar refractivity (Wildman–Crippen MR) is 92.8 cm³/mol. The molecule has 1 aliphatic rings. The van der Waals surface area contributed by atoms with E-state index in [0.29, 0.717) is 24.5 Å². The van der Waals surface area contributed by atoms with Crippen LogP contribution in [0.3, 0.4) is 0 Å². The number of anilines is 2. The van der Waals surface area contributed by atoms with Crippen LogP contribution >= 0.6 is 0 Å². The fraction of sp³-hybridized carbons (Fsp3) is 0.438. The highest BCUT2D eigenvalue weighted by Gasteiger charge is 2.38. The van der Waals surface area contributed by atoms with Crippen molar-refractivity contribution in [1.29, 1.82) is 0 Å². The summed E-state index contributed by atoms with van der Waals surface area (Å²) in [6, 6.07) is 2.73. The Morgan fingerprint density at radius 1 is 1.14 bits per heavy atom. The third kappa shape index (κ3) is 3.04. The van der Waals surface area contributed by atoms with Crippen molar-refractivity contribution in [1.82, 2.24) is 29.4 Å². The first-order valence-electron chi connectivity index (χ1n) is 8.53. The lowest BCUT2D eigenvalue weighted by Gasteiger charge is -2.17. The molecule has 1 fully saturated rings. The number of aryl methyl sites for hydroxylation is 3. The van der Waals surface area contributed by atoms with Gasteiger partial charge in [-0.25, -0.2) is 4.98 Å². The van der Waals surface area contributed by atoms with Crippen molar-refractivity contribution >= 4 is 23.3 Å². The molecule has 0 saturated carbocycles. The average Bonchev–Trinajstić information content (AvgIpc) is 3.25. The molecule has 0 aromatic carbocycles. The Balaban J connectivity index is 1.64. The number of rotatable bonds is 3.